The first-order valence-electron chi connectivity index (χ1n) is 4.28. The van der Waals surface area contributed by atoms with E-state index in [1.165, 1.54) is 16.7 Å². The van der Waals surface area contributed by atoms with Crippen molar-refractivity contribution in [1.29, 1.82) is 0 Å². The monoisotopic (exact) mass is 239 g/mol. The molecule has 13 heavy (non-hydrogen) atoms. The molecule has 2 N–H and O–H groups in total. The highest BCUT2D eigenvalue weighted by atomic mass is 79.9. The summed E-state index contributed by atoms with van der Waals surface area (Å²) in [4.78, 5) is 0. The van der Waals surface area contributed by atoms with Crippen molar-refractivity contribution in [3.63, 3.8) is 0 Å². The van der Waals surface area contributed by atoms with Crippen molar-refractivity contribution >= 4 is 22.0 Å². The van der Waals surface area contributed by atoms with E-state index in [9.17, 15) is 0 Å². The lowest BCUT2D eigenvalue weighted by Gasteiger charge is -2.05. The molecule has 0 aromatic heterocycles. The van der Waals surface area contributed by atoms with Gasteiger partial charge in [0.1, 0.15) is 0 Å². The molecule has 70 valence electrons. The highest BCUT2D eigenvalue weighted by molar-refractivity contribution is 9.10. The molecule has 1 aromatic carbocycles. The van der Waals surface area contributed by atoms with E-state index < -0.39 is 0 Å². The van der Waals surface area contributed by atoms with E-state index >= 15 is 0 Å². The van der Waals surface area contributed by atoms with Crippen molar-refractivity contribution in [1.82, 2.24) is 0 Å². The van der Waals surface area contributed by atoms with E-state index in [-0.39, 0.29) is 0 Å². The summed E-state index contributed by atoms with van der Waals surface area (Å²) in [7, 11) is 0. The second-order valence-corrected chi connectivity index (χ2v) is 3.99. The van der Waals surface area contributed by atoms with Gasteiger partial charge in [0.2, 0.25) is 0 Å². The Morgan fingerprint density at radius 3 is 2.69 bits per heavy atom. The summed E-state index contributed by atoms with van der Waals surface area (Å²) in [5, 5.41) is 0. The third-order valence-electron chi connectivity index (χ3n) is 2.11. The molecule has 0 aliphatic heterocycles. The molecule has 0 bridgehead atoms. The molecular weight excluding hydrogens is 226 g/mol. The van der Waals surface area contributed by atoms with Gasteiger partial charge in [-0.15, -0.1) is 0 Å². The third-order valence-corrected chi connectivity index (χ3v) is 2.56. The zero-order chi connectivity index (χ0) is 9.84. The molecule has 1 rings (SSSR count). The predicted octanol–water partition coefficient (Wildman–Crippen LogP) is 3.04. The van der Waals surface area contributed by atoms with Gasteiger partial charge in [-0.3, -0.25) is 0 Å². The first-order chi connectivity index (χ1) is 6.15. The average molecular weight is 240 g/mol. The average Bonchev–Trinajstić information content (AvgIpc) is 2.09. The SMILES string of the molecule is Cc1cc(Br)cc(/C=C/CN)c1C. The Morgan fingerprint density at radius 1 is 1.38 bits per heavy atom. The lowest BCUT2D eigenvalue weighted by Crippen LogP contribution is -1.93. The molecule has 0 fully saturated rings. The van der Waals surface area contributed by atoms with E-state index in [0.717, 1.165) is 4.47 Å². The van der Waals surface area contributed by atoms with Crippen molar-refractivity contribution in [3.8, 4) is 0 Å². The maximum atomic E-state index is 5.40. The Labute approximate surface area is 87.8 Å². The minimum Gasteiger partial charge on any atom is -0.327 e. The first-order valence-corrected chi connectivity index (χ1v) is 5.08. The van der Waals surface area contributed by atoms with Crippen LogP contribution in [0.2, 0.25) is 0 Å². The first kappa shape index (κ1) is 10.5. The summed E-state index contributed by atoms with van der Waals surface area (Å²) >= 11 is 3.47. The normalized spacial score (nSPS) is 11.1. The van der Waals surface area contributed by atoms with Gasteiger partial charge in [-0.05, 0) is 42.7 Å². The minimum atomic E-state index is 0.588. The number of benzene rings is 1. The highest BCUT2D eigenvalue weighted by Gasteiger charge is 1.99. The maximum Gasteiger partial charge on any atom is 0.0184 e. The van der Waals surface area contributed by atoms with Crippen LogP contribution in [-0.4, -0.2) is 6.54 Å². The molecule has 1 nitrogen and oxygen atoms in total. The van der Waals surface area contributed by atoms with Crippen LogP contribution in [0.3, 0.4) is 0 Å². The van der Waals surface area contributed by atoms with Crippen LogP contribution in [0.4, 0.5) is 0 Å². The van der Waals surface area contributed by atoms with Crippen LogP contribution in [-0.2, 0) is 0 Å². The van der Waals surface area contributed by atoms with Crippen molar-refractivity contribution < 1.29 is 0 Å². The zero-order valence-corrected chi connectivity index (χ0v) is 9.56. The van der Waals surface area contributed by atoms with E-state index in [0.29, 0.717) is 6.54 Å². The zero-order valence-electron chi connectivity index (χ0n) is 7.97. The van der Waals surface area contributed by atoms with Crippen molar-refractivity contribution in [2.75, 3.05) is 6.54 Å². The number of rotatable bonds is 2. The summed E-state index contributed by atoms with van der Waals surface area (Å²) in [5.41, 5.74) is 9.25. The molecule has 0 heterocycles. The van der Waals surface area contributed by atoms with Crippen LogP contribution in [0.1, 0.15) is 16.7 Å². The molecule has 2 heteroatoms. The Balaban J connectivity index is 3.12. The van der Waals surface area contributed by atoms with Crippen LogP contribution in [0.5, 0.6) is 0 Å². The van der Waals surface area contributed by atoms with E-state index in [4.69, 9.17) is 5.73 Å². The lowest BCUT2D eigenvalue weighted by atomic mass is 10.0. The second kappa shape index (κ2) is 4.58. The quantitative estimate of drug-likeness (QED) is 0.844. The maximum absolute atomic E-state index is 5.40. The van der Waals surface area contributed by atoms with E-state index in [1.54, 1.807) is 0 Å². The molecule has 0 aliphatic rings. The molecule has 0 radical (unpaired) electrons. The summed E-state index contributed by atoms with van der Waals surface area (Å²) in [5.74, 6) is 0. The molecular formula is C11H14BrN. The van der Waals surface area contributed by atoms with Gasteiger partial charge in [0.05, 0.1) is 0 Å². The van der Waals surface area contributed by atoms with Gasteiger partial charge in [-0.1, -0.05) is 28.1 Å². The molecule has 0 aliphatic carbocycles. The Bertz CT molecular complexity index is 329. The van der Waals surface area contributed by atoms with Crippen LogP contribution in [0, 0.1) is 13.8 Å². The molecule has 0 amide bonds. The third kappa shape index (κ3) is 2.68. The van der Waals surface area contributed by atoms with Crippen LogP contribution in [0.25, 0.3) is 6.08 Å². The van der Waals surface area contributed by atoms with Gasteiger partial charge in [0.25, 0.3) is 0 Å². The summed E-state index contributed by atoms with van der Waals surface area (Å²) in [6, 6.07) is 4.23. The molecule has 1 aromatic rings. The van der Waals surface area contributed by atoms with Crippen LogP contribution >= 0.6 is 15.9 Å². The minimum absolute atomic E-state index is 0.588. The van der Waals surface area contributed by atoms with E-state index in [1.807, 2.05) is 6.08 Å². The molecule has 0 atom stereocenters. The molecule has 0 unspecified atom stereocenters. The van der Waals surface area contributed by atoms with Crippen molar-refractivity contribution in [2.24, 2.45) is 5.73 Å². The number of nitrogens with two attached hydrogens (primary N) is 1. The predicted molar refractivity (Wildman–Crippen MR) is 61.7 cm³/mol. The summed E-state index contributed by atoms with van der Waals surface area (Å²) in [6.07, 6.45) is 4.03. The molecule has 0 saturated carbocycles. The van der Waals surface area contributed by atoms with Crippen LogP contribution < -0.4 is 5.73 Å². The van der Waals surface area contributed by atoms with Crippen molar-refractivity contribution in [3.05, 3.63) is 39.4 Å². The van der Waals surface area contributed by atoms with E-state index in [2.05, 4.69) is 48.0 Å². The topological polar surface area (TPSA) is 26.0 Å². The van der Waals surface area contributed by atoms with Crippen LogP contribution in [0.15, 0.2) is 22.7 Å². The molecule has 0 spiro atoms. The van der Waals surface area contributed by atoms with Gasteiger partial charge in [0.15, 0.2) is 0 Å². The Hall–Kier alpha value is -0.600. The van der Waals surface area contributed by atoms with Gasteiger partial charge in [-0.25, -0.2) is 0 Å². The van der Waals surface area contributed by atoms with Gasteiger partial charge < -0.3 is 5.73 Å². The van der Waals surface area contributed by atoms with Crippen molar-refractivity contribution in [2.45, 2.75) is 13.8 Å². The Morgan fingerprint density at radius 2 is 2.08 bits per heavy atom. The fourth-order valence-corrected chi connectivity index (χ4v) is 1.80. The number of halogens is 1. The molecule has 0 saturated heterocycles. The highest BCUT2D eigenvalue weighted by Crippen LogP contribution is 2.21. The number of hydrogen-bond donors (Lipinski definition) is 1. The van der Waals surface area contributed by atoms with Gasteiger partial charge in [0, 0.05) is 11.0 Å². The lowest BCUT2D eigenvalue weighted by molar-refractivity contribution is 1.26. The summed E-state index contributed by atoms with van der Waals surface area (Å²) in [6.45, 7) is 4.82. The second-order valence-electron chi connectivity index (χ2n) is 3.07. The summed E-state index contributed by atoms with van der Waals surface area (Å²) < 4.78 is 1.12. The largest absolute Gasteiger partial charge is 0.327 e. The number of aryl methyl sites for hydroxylation is 1. The smallest absolute Gasteiger partial charge is 0.0184 e. The fraction of sp³-hybridized carbons (Fsp3) is 0.273. The Kier molecular flexibility index (Phi) is 3.70. The van der Waals surface area contributed by atoms with Gasteiger partial charge in [-0.2, -0.15) is 0 Å². The number of hydrogen-bond acceptors (Lipinski definition) is 1. The van der Waals surface area contributed by atoms with Gasteiger partial charge >= 0.3 is 0 Å². The fourth-order valence-electron chi connectivity index (χ4n) is 1.21. The standard InChI is InChI=1S/C11H14BrN/c1-8-6-11(12)7-10(9(8)2)4-3-5-13/h3-4,6-7H,5,13H2,1-2H3/b4-3+.